The fourth-order valence-electron chi connectivity index (χ4n) is 3.91. The van der Waals surface area contributed by atoms with Gasteiger partial charge < -0.3 is 20.4 Å². The summed E-state index contributed by atoms with van der Waals surface area (Å²) in [5, 5.41) is 24.0. The van der Waals surface area contributed by atoms with Crippen LogP contribution in [0, 0.1) is 5.92 Å². The summed E-state index contributed by atoms with van der Waals surface area (Å²) in [7, 11) is 0. The first-order chi connectivity index (χ1) is 14.6. The van der Waals surface area contributed by atoms with Crippen LogP contribution in [0.4, 0.5) is 17.1 Å². The minimum absolute atomic E-state index is 0.0523. The normalized spacial score (nSPS) is 14.9. The van der Waals surface area contributed by atoms with Gasteiger partial charge in [0.1, 0.15) is 0 Å². The van der Waals surface area contributed by atoms with Crippen molar-refractivity contribution in [1.82, 2.24) is 0 Å². The van der Waals surface area contributed by atoms with Gasteiger partial charge in [0.15, 0.2) is 0 Å². The number of aliphatic hydroxyl groups is 1. The molecule has 1 fully saturated rings. The minimum Gasteiger partial charge on any atom is -0.481 e. The molecule has 5 nitrogen and oxygen atoms in total. The van der Waals surface area contributed by atoms with Gasteiger partial charge in [-0.15, -0.1) is 0 Å². The van der Waals surface area contributed by atoms with Crippen molar-refractivity contribution in [2.45, 2.75) is 58.0 Å². The maximum absolute atomic E-state index is 11.3. The van der Waals surface area contributed by atoms with Crippen molar-refractivity contribution in [2.75, 3.05) is 23.3 Å². The van der Waals surface area contributed by atoms with Gasteiger partial charge in [0.2, 0.25) is 0 Å². The number of hydrogen-bond donors (Lipinski definition) is 3. The Hall–Kier alpha value is -2.24. The molecule has 1 atom stereocenters. The highest BCUT2D eigenvalue weighted by molar-refractivity contribution is 6.30. The Kier molecular flexibility index (Phi) is 7.50. The zero-order chi connectivity index (χ0) is 22.6. The van der Waals surface area contributed by atoms with Crippen molar-refractivity contribution >= 4 is 34.6 Å². The standard InChI is InChI=1S/C25H33ClN2O3/c1-4-18(14-24(29)30)19-7-12-23(28(15-17-5-6-17)16-25(2,3)31)22(13-19)27-21-10-8-20(26)9-11-21/h7-13,17-18,27,31H,4-6,14-16H2,1-3H3,(H,29,30)/t18-/m0/s1. The first-order valence-electron chi connectivity index (χ1n) is 11.0. The highest BCUT2D eigenvalue weighted by atomic mass is 35.5. The molecular formula is C25H33ClN2O3. The van der Waals surface area contributed by atoms with Crippen LogP contribution in [0.1, 0.15) is 57.9 Å². The number of nitrogens with one attached hydrogen (secondary N) is 1. The van der Waals surface area contributed by atoms with Gasteiger partial charge in [-0.3, -0.25) is 4.79 Å². The lowest BCUT2D eigenvalue weighted by Gasteiger charge is -2.33. The molecule has 0 aromatic heterocycles. The zero-order valence-electron chi connectivity index (χ0n) is 18.6. The lowest BCUT2D eigenvalue weighted by molar-refractivity contribution is -0.137. The van der Waals surface area contributed by atoms with Crippen molar-refractivity contribution in [3.63, 3.8) is 0 Å². The fraction of sp³-hybridized carbons (Fsp3) is 0.480. The number of carboxylic acid groups (broad SMARTS) is 1. The molecule has 3 N–H and O–H groups in total. The summed E-state index contributed by atoms with van der Waals surface area (Å²) < 4.78 is 0. The zero-order valence-corrected chi connectivity index (χ0v) is 19.3. The lowest BCUT2D eigenvalue weighted by Crippen LogP contribution is -2.40. The van der Waals surface area contributed by atoms with E-state index in [1.807, 2.05) is 51.1 Å². The van der Waals surface area contributed by atoms with Crippen molar-refractivity contribution in [1.29, 1.82) is 0 Å². The van der Waals surface area contributed by atoms with Crippen LogP contribution in [0.2, 0.25) is 5.02 Å². The monoisotopic (exact) mass is 444 g/mol. The largest absolute Gasteiger partial charge is 0.481 e. The maximum Gasteiger partial charge on any atom is 0.303 e. The number of anilines is 3. The Labute approximate surface area is 190 Å². The third kappa shape index (κ3) is 7.15. The molecule has 168 valence electrons. The van der Waals surface area contributed by atoms with E-state index < -0.39 is 11.6 Å². The smallest absolute Gasteiger partial charge is 0.303 e. The molecule has 0 heterocycles. The second kappa shape index (κ2) is 9.92. The number of carboxylic acids is 1. The first-order valence-corrected chi connectivity index (χ1v) is 11.4. The molecular weight excluding hydrogens is 412 g/mol. The Morgan fingerprint density at radius 1 is 1.23 bits per heavy atom. The molecule has 0 spiro atoms. The van der Waals surface area contributed by atoms with Crippen LogP contribution in [0.3, 0.4) is 0 Å². The van der Waals surface area contributed by atoms with Gasteiger partial charge in [-0.2, -0.15) is 0 Å². The molecule has 31 heavy (non-hydrogen) atoms. The Morgan fingerprint density at radius 2 is 1.90 bits per heavy atom. The molecule has 0 unspecified atom stereocenters. The molecule has 1 aliphatic carbocycles. The number of halogens is 1. The van der Waals surface area contributed by atoms with E-state index in [0.717, 1.165) is 35.6 Å². The van der Waals surface area contributed by atoms with Gasteiger partial charge in [-0.1, -0.05) is 24.6 Å². The molecule has 0 amide bonds. The van der Waals surface area contributed by atoms with Gasteiger partial charge in [-0.25, -0.2) is 0 Å². The third-order valence-electron chi connectivity index (χ3n) is 5.62. The van der Waals surface area contributed by atoms with Crippen LogP contribution < -0.4 is 10.2 Å². The summed E-state index contributed by atoms with van der Waals surface area (Å²) >= 11 is 6.05. The van der Waals surface area contributed by atoms with Crippen molar-refractivity contribution in [3.05, 3.63) is 53.1 Å². The number of benzene rings is 2. The molecule has 0 saturated heterocycles. The van der Waals surface area contributed by atoms with Crippen molar-refractivity contribution in [3.8, 4) is 0 Å². The Balaban J connectivity index is 2.00. The summed E-state index contributed by atoms with van der Waals surface area (Å²) in [4.78, 5) is 13.6. The maximum atomic E-state index is 11.3. The minimum atomic E-state index is -0.833. The molecule has 6 heteroatoms. The average Bonchev–Trinajstić information content (AvgIpc) is 3.50. The quantitative estimate of drug-likeness (QED) is 0.394. The van der Waals surface area contributed by atoms with Crippen LogP contribution in [0.25, 0.3) is 0 Å². The number of aliphatic carboxylic acids is 1. The summed E-state index contributed by atoms with van der Waals surface area (Å²) in [6.07, 6.45) is 3.29. The van der Waals surface area contributed by atoms with E-state index in [4.69, 9.17) is 11.6 Å². The number of nitrogens with zero attached hydrogens (tertiary/aromatic N) is 1. The average molecular weight is 445 g/mol. The second-order valence-electron chi connectivity index (χ2n) is 9.25. The van der Waals surface area contributed by atoms with E-state index in [1.54, 1.807) is 0 Å². The van der Waals surface area contributed by atoms with Crippen LogP contribution in [-0.4, -0.2) is 34.9 Å². The Bertz CT molecular complexity index is 889. The van der Waals surface area contributed by atoms with E-state index in [1.165, 1.54) is 12.8 Å². The van der Waals surface area contributed by atoms with Crippen molar-refractivity contribution < 1.29 is 15.0 Å². The number of hydrogen-bond acceptors (Lipinski definition) is 4. The van der Waals surface area contributed by atoms with Gasteiger partial charge in [0.25, 0.3) is 0 Å². The van der Waals surface area contributed by atoms with Gasteiger partial charge >= 0.3 is 5.97 Å². The summed E-state index contributed by atoms with van der Waals surface area (Å²) in [6.45, 7) is 7.08. The molecule has 0 radical (unpaired) electrons. The number of rotatable bonds is 11. The number of carbonyl (C=O) groups is 1. The summed E-state index contributed by atoms with van der Waals surface area (Å²) in [5.74, 6) is -0.190. The van der Waals surface area contributed by atoms with E-state index in [0.29, 0.717) is 17.5 Å². The molecule has 0 aliphatic heterocycles. The third-order valence-corrected chi connectivity index (χ3v) is 5.88. The predicted molar refractivity (Wildman–Crippen MR) is 128 cm³/mol. The van der Waals surface area contributed by atoms with Crippen LogP contribution in [0.15, 0.2) is 42.5 Å². The van der Waals surface area contributed by atoms with E-state index in [2.05, 4.69) is 22.3 Å². The highest BCUT2D eigenvalue weighted by Crippen LogP contribution is 2.38. The van der Waals surface area contributed by atoms with Gasteiger partial charge in [-0.05, 0) is 86.9 Å². The highest BCUT2D eigenvalue weighted by Gasteiger charge is 2.29. The lowest BCUT2D eigenvalue weighted by atomic mass is 9.92. The second-order valence-corrected chi connectivity index (χ2v) is 9.68. The van der Waals surface area contributed by atoms with Crippen LogP contribution >= 0.6 is 11.6 Å². The summed E-state index contributed by atoms with van der Waals surface area (Å²) in [6, 6.07) is 13.7. The predicted octanol–water partition coefficient (Wildman–Crippen LogP) is 6.04. The summed E-state index contributed by atoms with van der Waals surface area (Å²) in [5.41, 5.74) is 3.00. The fourth-order valence-corrected chi connectivity index (χ4v) is 4.03. The molecule has 2 aromatic carbocycles. The molecule has 2 aromatic rings. The van der Waals surface area contributed by atoms with E-state index >= 15 is 0 Å². The van der Waals surface area contributed by atoms with Gasteiger partial charge in [0.05, 0.1) is 23.4 Å². The molecule has 3 rings (SSSR count). The van der Waals surface area contributed by atoms with Crippen molar-refractivity contribution in [2.24, 2.45) is 5.92 Å². The van der Waals surface area contributed by atoms with Crippen LogP contribution in [0.5, 0.6) is 0 Å². The molecule has 1 aliphatic rings. The molecule has 1 saturated carbocycles. The van der Waals surface area contributed by atoms with E-state index in [-0.39, 0.29) is 12.3 Å². The van der Waals surface area contributed by atoms with Crippen LogP contribution in [-0.2, 0) is 4.79 Å². The molecule has 0 bridgehead atoms. The van der Waals surface area contributed by atoms with E-state index in [9.17, 15) is 15.0 Å². The topological polar surface area (TPSA) is 72.8 Å². The SMILES string of the molecule is CC[C@@H](CC(=O)O)c1ccc(N(CC2CC2)CC(C)(C)O)c(Nc2ccc(Cl)cc2)c1. The first kappa shape index (κ1) is 23.4. The van der Waals surface area contributed by atoms with Gasteiger partial charge in [0, 0.05) is 23.8 Å². The Morgan fingerprint density at radius 3 is 2.45 bits per heavy atom.